The monoisotopic (exact) mass is 282 g/mol. The molecule has 1 aliphatic heterocycles. The van der Waals surface area contributed by atoms with Gasteiger partial charge in [-0.2, -0.15) is 0 Å². The summed E-state index contributed by atoms with van der Waals surface area (Å²) < 4.78 is 1.05. The predicted octanol–water partition coefficient (Wildman–Crippen LogP) is 3.46. The van der Waals surface area contributed by atoms with Crippen molar-refractivity contribution < 1.29 is 0 Å². The van der Waals surface area contributed by atoms with Gasteiger partial charge in [-0.25, -0.2) is 0 Å². The first-order valence-corrected chi connectivity index (χ1v) is 6.79. The largest absolute Gasteiger partial charge is 0.295 e. The Labute approximate surface area is 106 Å². The van der Waals surface area contributed by atoms with Gasteiger partial charge in [0, 0.05) is 23.3 Å². The van der Waals surface area contributed by atoms with E-state index in [0.29, 0.717) is 6.04 Å². The number of hydrogen-bond donors (Lipinski definition) is 0. The number of halogens is 1. The molecule has 1 aliphatic rings. The summed E-state index contributed by atoms with van der Waals surface area (Å²) in [6.45, 7) is 6.88. The lowest BCUT2D eigenvalue weighted by atomic mass is 9.93. The lowest BCUT2D eigenvalue weighted by molar-refractivity contribution is 0.120. The summed E-state index contributed by atoms with van der Waals surface area (Å²) in [5.74, 6) is 0.879. The van der Waals surface area contributed by atoms with Crippen molar-refractivity contribution in [2.45, 2.75) is 39.3 Å². The lowest BCUT2D eigenvalue weighted by Gasteiger charge is -2.36. The third kappa shape index (κ3) is 3.05. The van der Waals surface area contributed by atoms with E-state index >= 15 is 0 Å². The first kappa shape index (κ1) is 12.1. The average molecular weight is 283 g/mol. The van der Waals surface area contributed by atoms with E-state index in [9.17, 15) is 0 Å². The van der Waals surface area contributed by atoms with Gasteiger partial charge >= 0.3 is 0 Å². The van der Waals surface area contributed by atoms with E-state index in [1.807, 2.05) is 6.20 Å². The second kappa shape index (κ2) is 5.28. The number of pyridine rings is 1. The van der Waals surface area contributed by atoms with Crippen molar-refractivity contribution in [3.05, 3.63) is 28.5 Å². The zero-order chi connectivity index (χ0) is 11.5. The van der Waals surface area contributed by atoms with Crippen molar-refractivity contribution in [3.63, 3.8) is 0 Å². The summed E-state index contributed by atoms with van der Waals surface area (Å²) >= 11 is 3.41. The Bertz CT molecular complexity index is 336. The van der Waals surface area contributed by atoms with Gasteiger partial charge < -0.3 is 0 Å². The fraction of sp³-hybridized carbons (Fsp3) is 0.615. The minimum atomic E-state index is 0.689. The molecule has 88 valence electrons. The van der Waals surface area contributed by atoms with Gasteiger partial charge in [-0.05, 0) is 60.3 Å². The molecule has 1 aromatic heterocycles. The molecule has 2 rings (SSSR count). The molecule has 1 saturated heterocycles. The van der Waals surface area contributed by atoms with Crippen molar-refractivity contribution in [1.29, 1.82) is 0 Å². The quantitative estimate of drug-likeness (QED) is 0.826. The maximum atomic E-state index is 4.44. The summed E-state index contributed by atoms with van der Waals surface area (Å²) in [5.41, 5.74) is 1.17. The molecule has 0 N–H and O–H groups in total. The first-order valence-electron chi connectivity index (χ1n) is 5.99. The molecule has 2 unspecified atom stereocenters. The van der Waals surface area contributed by atoms with Crippen LogP contribution in [-0.4, -0.2) is 22.5 Å². The van der Waals surface area contributed by atoms with Gasteiger partial charge in [0.1, 0.15) is 0 Å². The lowest BCUT2D eigenvalue weighted by Crippen LogP contribution is -2.39. The third-order valence-electron chi connectivity index (χ3n) is 3.43. The summed E-state index contributed by atoms with van der Waals surface area (Å²) in [4.78, 5) is 6.98. The van der Waals surface area contributed by atoms with Crippen LogP contribution >= 0.6 is 15.9 Å². The maximum Gasteiger partial charge on any atom is 0.0544 e. The molecule has 0 amide bonds. The zero-order valence-corrected chi connectivity index (χ0v) is 11.6. The molecular weight excluding hydrogens is 264 g/mol. The molecule has 1 fully saturated rings. The van der Waals surface area contributed by atoms with Crippen LogP contribution in [0.5, 0.6) is 0 Å². The van der Waals surface area contributed by atoms with E-state index in [1.54, 1.807) is 0 Å². The van der Waals surface area contributed by atoms with Crippen LogP contribution in [0.1, 0.15) is 32.4 Å². The highest BCUT2D eigenvalue weighted by molar-refractivity contribution is 9.10. The molecule has 0 aromatic carbocycles. The van der Waals surface area contributed by atoms with Gasteiger partial charge in [-0.15, -0.1) is 0 Å². The standard InChI is InChI=1S/C13H19BrN2/c1-10-5-6-16(11(2)7-10)9-13-4-3-12(14)8-15-13/h3-4,8,10-11H,5-7,9H2,1-2H3. The van der Waals surface area contributed by atoms with E-state index in [2.05, 4.69) is 51.8 Å². The van der Waals surface area contributed by atoms with E-state index in [-0.39, 0.29) is 0 Å². The van der Waals surface area contributed by atoms with Crippen LogP contribution in [0.2, 0.25) is 0 Å². The van der Waals surface area contributed by atoms with Crippen molar-refractivity contribution in [2.24, 2.45) is 5.92 Å². The van der Waals surface area contributed by atoms with Gasteiger partial charge in [0.2, 0.25) is 0 Å². The molecule has 0 radical (unpaired) electrons. The van der Waals surface area contributed by atoms with Crippen LogP contribution in [-0.2, 0) is 6.54 Å². The van der Waals surface area contributed by atoms with E-state index in [1.165, 1.54) is 25.1 Å². The zero-order valence-electron chi connectivity index (χ0n) is 9.99. The average Bonchev–Trinajstić information content (AvgIpc) is 2.25. The fourth-order valence-corrected chi connectivity index (χ4v) is 2.63. The molecule has 2 heterocycles. The number of hydrogen-bond acceptors (Lipinski definition) is 2. The Hall–Kier alpha value is -0.410. The Kier molecular flexibility index (Phi) is 3.98. The first-order chi connectivity index (χ1) is 7.65. The van der Waals surface area contributed by atoms with E-state index in [0.717, 1.165) is 16.9 Å². The van der Waals surface area contributed by atoms with Gasteiger partial charge in [0.05, 0.1) is 5.69 Å². The van der Waals surface area contributed by atoms with Crippen LogP contribution < -0.4 is 0 Å². The normalized spacial score (nSPS) is 26.9. The summed E-state index contributed by atoms with van der Waals surface area (Å²) in [7, 11) is 0. The van der Waals surface area contributed by atoms with Crippen molar-refractivity contribution in [3.8, 4) is 0 Å². The molecule has 16 heavy (non-hydrogen) atoms. The van der Waals surface area contributed by atoms with Crippen molar-refractivity contribution >= 4 is 15.9 Å². The maximum absolute atomic E-state index is 4.44. The van der Waals surface area contributed by atoms with Crippen molar-refractivity contribution in [2.75, 3.05) is 6.54 Å². The molecule has 2 atom stereocenters. The Morgan fingerprint density at radius 1 is 1.44 bits per heavy atom. The minimum absolute atomic E-state index is 0.689. The number of aromatic nitrogens is 1. The molecule has 0 bridgehead atoms. The van der Waals surface area contributed by atoms with Crippen LogP contribution in [0.4, 0.5) is 0 Å². The summed E-state index contributed by atoms with van der Waals surface area (Å²) in [5, 5.41) is 0. The second-order valence-electron chi connectivity index (χ2n) is 4.92. The predicted molar refractivity (Wildman–Crippen MR) is 70.2 cm³/mol. The molecule has 2 nitrogen and oxygen atoms in total. The van der Waals surface area contributed by atoms with Gasteiger partial charge in [-0.3, -0.25) is 9.88 Å². The highest BCUT2D eigenvalue weighted by Crippen LogP contribution is 2.23. The SMILES string of the molecule is CC1CCN(Cc2ccc(Br)cn2)C(C)C1. The fourth-order valence-electron chi connectivity index (χ4n) is 2.40. The van der Waals surface area contributed by atoms with Gasteiger partial charge in [0.15, 0.2) is 0 Å². The molecule has 0 spiro atoms. The Morgan fingerprint density at radius 2 is 2.25 bits per heavy atom. The highest BCUT2D eigenvalue weighted by Gasteiger charge is 2.22. The van der Waals surface area contributed by atoms with Gasteiger partial charge in [0.25, 0.3) is 0 Å². The highest BCUT2D eigenvalue weighted by atomic mass is 79.9. The van der Waals surface area contributed by atoms with Crippen LogP contribution in [0.25, 0.3) is 0 Å². The van der Waals surface area contributed by atoms with Crippen LogP contribution in [0.15, 0.2) is 22.8 Å². The molecule has 3 heteroatoms. The number of rotatable bonds is 2. The third-order valence-corrected chi connectivity index (χ3v) is 3.90. The Balaban J connectivity index is 1.96. The molecule has 0 saturated carbocycles. The minimum Gasteiger partial charge on any atom is -0.295 e. The molecule has 0 aliphatic carbocycles. The van der Waals surface area contributed by atoms with Gasteiger partial charge in [-0.1, -0.05) is 6.92 Å². The van der Waals surface area contributed by atoms with E-state index < -0.39 is 0 Å². The van der Waals surface area contributed by atoms with Crippen LogP contribution in [0, 0.1) is 5.92 Å². The van der Waals surface area contributed by atoms with Crippen LogP contribution in [0.3, 0.4) is 0 Å². The number of piperidine rings is 1. The summed E-state index contributed by atoms with van der Waals surface area (Å²) in [6, 6.07) is 4.86. The Morgan fingerprint density at radius 3 is 2.88 bits per heavy atom. The summed E-state index contributed by atoms with van der Waals surface area (Å²) in [6.07, 6.45) is 4.52. The van der Waals surface area contributed by atoms with Crippen molar-refractivity contribution in [1.82, 2.24) is 9.88 Å². The second-order valence-corrected chi connectivity index (χ2v) is 5.83. The number of nitrogens with zero attached hydrogens (tertiary/aromatic N) is 2. The molecular formula is C13H19BrN2. The molecule has 1 aromatic rings. The topological polar surface area (TPSA) is 16.1 Å². The number of likely N-dealkylation sites (tertiary alicyclic amines) is 1. The smallest absolute Gasteiger partial charge is 0.0544 e. The van der Waals surface area contributed by atoms with E-state index in [4.69, 9.17) is 0 Å².